The number of hydrogen-bond donors (Lipinski definition) is 2. The molecule has 4 aliphatic rings. The summed E-state index contributed by atoms with van der Waals surface area (Å²) in [6, 6.07) is 1.37. The fourth-order valence-electron chi connectivity index (χ4n) is 5.51. The molecule has 0 atom stereocenters. The first-order valence-corrected chi connectivity index (χ1v) is 9.75. The lowest BCUT2D eigenvalue weighted by Crippen LogP contribution is -2.59. The van der Waals surface area contributed by atoms with Crippen molar-refractivity contribution < 1.29 is 13.2 Å². The van der Waals surface area contributed by atoms with Gasteiger partial charge in [-0.05, 0) is 62.3 Å². The number of aryl methyl sites for hydroxylation is 1. The van der Waals surface area contributed by atoms with E-state index in [9.17, 15) is 13.2 Å². The average Bonchev–Trinajstić information content (AvgIpc) is 2.78. The van der Waals surface area contributed by atoms with Gasteiger partial charge in [0.25, 0.3) is 5.91 Å². The Balaban J connectivity index is 1.63. The number of amides is 1. The molecule has 1 aromatic rings. The van der Waals surface area contributed by atoms with E-state index in [1.165, 1.54) is 36.1 Å². The summed E-state index contributed by atoms with van der Waals surface area (Å²) in [5.74, 6) is 1.38. The molecule has 0 aromatic carbocycles. The van der Waals surface area contributed by atoms with E-state index in [2.05, 4.69) is 4.72 Å². The highest BCUT2D eigenvalue weighted by atomic mass is 32.2. The van der Waals surface area contributed by atoms with Gasteiger partial charge in [-0.3, -0.25) is 4.79 Å². The molecule has 4 saturated carbocycles. The zero-order valence-electron chi connectivity index (χ0n) is 13.3. The van der Waals surface area contributed by atoms with Gasteiger partial charge in [0, 0.05) is 18.8 Å². The number of carbonyl (C=O) groups excluding carboxylic acids is 1. The lowest BCUT2D eigenvalue weighted by atomic mass is 9.53. The second-order valence-corrected chi connectivity index (χ2v) is 9.52. The number of nitrogens with two attached hydrogens (primary N) is 1. The Morgan fingerprint density at radius 3 is 2.17 bits per heavy atom. The van der Waals surface area contributed by atoms with Crippen LogP contribution < -0.4 is 10.5 Å². The Morgan fingerprint density at radius 1 is 1.22 bits per heavy atom. The largest absolute Gasteiger partial charge is 0.364 e. The Hall–Kier alpha value is -1.34. The van der Waals surface area contributed by atoms with E-state index in [-0.39, 0.29) is 16.1 Å². The predicted molar refractivity (Wildman–Crippen MR) is 85.2 cm³/mol. The van der Waals surface area contributed by atoms with E-state index >= 15 is 0 Å². The number of carbonyl (C=O) groups is 1. The monoisotopic (exact) mass is 337 g/mol. The van der Waals surface area contributed by atoms with Gasteiger partial charge >= 0.3 is 0 Å². The van der Waals surface area contributed by atoms with E-state index in [0.29, 0.717) is 17.8 Å². The number of rotatable bonds is 4. The van der Waals surface area contributed by atoms with Crippen LogP contribution in [0.5, 0.6) is 0 Å². The van der Waals surface area contributed by atoms with Crippen LogP contribution in [0.2, 0.25) is 0 Å². The summed E-state index contributed by atoms with van der Waals surface area (Å²) in [4.78, 5) is 11.5. The summed E-state index contributed by atoms with van der Waals surface area (Å²) >= 11 is 0. The standard InChI is InChI=1S/C16H23N3O3S/c1-19-9-13(5-14(19)15(17)20)23(21,22)18-16-6-10-2-11(7-16)4-12(3-10)8-16/h5,9-12,18H,2-4,6-8H2,1H3,(H2,17,20). The van der Waals surface area contributed by atoms with Crippen LogP contribution in [-0.4, -0.2) is 24.4 Å². The first kappa shape index (κ1) is 15.2. The molecule has 0 saturated heterocycles. The maximum absolute atomic E-state index is 12.8. The van der Waals surface area contributed by atoms with Crippen molar-refractivity contribution in [2.24, 2.45) is 30.5 Å². The molecule has 0 radical (unpaired) electrons. The van der Waals surface area contributed by atoms with Gasteiger partial charge in [0.15, 0.2) is 0 Å². The fraction of sp³-hybridized carbons (Fsp3) is 0.688. The fourth-order valence-corrected chi connectivity index (χ4v) is 7.01. The molecule has 4 bridgehead atoms. The Labute approximate surface area is 136 Å². The molecule has 4 fully saturated rings. The minimum absolute atomic E-state index is 0.129. The summed E-state index contributed by atoms with van der Waals surface area (Å²) in [6.45, 7) is 0. The van der Waals surface area contributed by atoms with Gasteiger partial charge in [-0.15, -0.1) is 0 Å². The van der Waals surface area contributed by atoms with Gasteiger partial charge in [0.05, 0.1) is 0 Å². The summed E-state index contributed by atoms with van der Waals surface area (Å²) in [6.07, 6.45) is 8.10. The van der Waals surface area contributed by atoms with E-state index in [0.717, 1.165) is 19.3 Å². The van der Waals surface area contributed by atoms with E-state index in [4.69, 9.17) is 5.73 Å². The Bertz CT molecular complexity index is 730. The van der Waals surface area contributed by atoms with Crippen LogP contribution in [0.3, 0.4) is 0 Å². The molecule has 4 aliphatic carbocycles. The van der Waals surface area contributed by atoms with Crippen molar-refractivity contribution in [3.8, 4) is 0 Å². The maximum atomic E-state index is 12.8. The van der Waals surface area contributed by atoms with Crippen LogP contribution in [0.25, 0.3) is 0 Å². The molecule has 5 rings (SSSR count). The van der Waals surface area contributed by atoms with Crippen molar-refractivity contribution in [1.29, 1.82) is 0 Å². The van der Waals surface area contributed by atoms with Crippen molar-refractivity contribution in [1.82, 2.24) is 9.29 Å². The SMILES string of the molecule is Cn1cc(S(=O)(=O)NC23CC4CC(CC(C4)C2)C3)cc1C(N)=O. The normalized spacial score (nSPS) is 35.6. The smallest absolute Gasteiger partial charge is 0.265 e. The molecule has 3 N–H and O–H groups in total. The first-order chi connectivity index (χ1) is 10.8. The first-order valence-electron chi connectivity index (χ1n) is 8.26. The number of nitrogens with one attached hydrogen (secondary N) is 1. The summed E-state index contributed by atoms with van der Waals surface area (Å²) in [7, 11) is -2.01. The van der Waals surface area contributed by atoms with E-state index in [1.807, 2.05) is 0 Å². The highest BCUT2D eigenvalue weighted by Crippen LogP contribution is 2.55. The second-order valence-electron chi connectivity index (χ2n) is 7.84. The maximum Gasteiger partial charge on any atom is 0.265 e. The highest BCUT2D eigenvalue weighted by Gasteiger charge is 2.52. The molecule has 0 unspecified atom stereocenters. The van der Waals surface area contributed by atoms with Gasteiger partial charge in [-0.1, -0.05) is 0 Å². The Morgan fingerprint density at radius 2 is 1.74 bits per heavy atom. The molecule has 1 aromatic heterocycles. The van der Waals surface area contributed by atoms with E-state index in [1.54, 1.807) is 7.05 Å². The van der Waals surface area contributed by atoms with Crippen molar-refractivity contribution in [2.75, 3.05) is 0 Å². The van der Waals surface area contributed by atoms with Gasteiger partial charge in [-0.2, -0.15) is 0 Å². The molecular formula is C16H23N3O3S. The molecule has 7 heteroatoms. The third-order valence-electron chi connectivity index (χ3n) is 5.93. The molecule has 126 valence electrons. The van der Waals surface area contributed by atoms with Gasteiger partial charge in [-0.25, -0.2) is 13.1 Å². The molecule has 0 aliphatic heterocycles. The molecule has 0 spiro atoms. The summed E-state index contributed by atoms with van der Waals surface area (Å²) < 4.78 is 30.1. The van der Waals surface area contributed by atoms with Crippen molar-refractivity contribution in [3.05, 3.63) is 18.0 Å². The number of nitrogens with zero attached hydrogens (tertiary/aromatic N) is 1. The zero-order valence-corrected chi connectivity index (χ0v) is 14.1. The second kappa shape index (κ2) is 4.83. The molecule has 1 heterocycles. The number of primary amides is 1. The average molecular weight is 337 g/mol. The quantitative estimate of drug-likeness (QED) is 0.869. The Kier molecular flexibility index (Phi) is 3.19. The number of hydrogen-bond acceptors (Lipinski definition) is 3. The topological polar surface area (TPSA) is 94.2 Å². The molecule has 23 heavy (non-hydrogen) atoms. The van der Waals surface area contributed by atoms with Crippen LogP contribution in [0, 0.1) is 17.8 Å². The van der Waals surface area contributed by atoms with Gasteiger partial charge < -0.3 is 10.3 Å². The van der Waals surface area contributed by atoms with E-state index < -0.39 is 15.9 Å². The minimum Gasteiger partial charge on any atom is -0.364 e. The van der Waals surface area contributed by atoms with Crippen molar-refractivity contribution in [3.63, 3.8) is 0 Å². The third-order valence-corrected chi connectivity index (χ3v) is 7.48. The third kappa shape index (κ3) is 2.50. The van der Waals surface area contributed by atoms with Crippen molar-refractivity contribution in [2.45, 2.75) is 49.0 Å². The number of aromatic nitrogens is 1. The van der Waals surface area contributed by atoms with Crippen LogP contribution in [0.1, 0.15) is 49.0 Å². The molecule has 1 amide bonds. The lowest BCUT2D eigenvalue weighted by molar-refractivity contribution is -0.00810. The van der Waals surface area contributed by atoms with Gasteiger partial charge in [0.1, 0.15) is 10.6 Å². The number of sulfonamides is 1. The van der Waals surface area contributed by atoms with Crippen LogP contribution in [-0.2, 0) is 17.1 Å². The van der Waals surface area contributed by atoms with Crippen molar-refractivity contribution >= 4 is 15.9 Å². The lowest BCUT2D eigenvalue weighted by Gasteiger charge is -2.56. The molecule has 6 nitrogen and oxygen atoms in total. The molecular weight excluding hydrogens is 314 g/mol. The van der Waals surface area contributed by atoms with Crippen LogP contribution in [0.4, 0.5) is 0 Å². The van der Waals surface area contributed by atoms with Crippen LogP contribution >= 0.6 is 0 Å². The summed E-state index contributed by atoms with van der Waals surface area (Å²) in [5, 5.41) is 0. The summed E-state index contributed by atoms with van der Waals surface area (Å²) in [5.41, 5.74) is 5.21. The predicted octanol–water partition coefficient (Wildman–Crippen LogP) is 1.37. The van der Waals surface area contributed by atoms with Gasteiger partial charge in [0.2, 0.25) is 10.0 Å². The zero-order chi connectivity index (χ0) is 16.4. The van der Waals surface area contributed by atoms with Crippen LogP contribution in [0.15, 0.2) is 17.2 Å². The minimum atomic E-state index is -3.64. The highest BCUT2D eigenvalue weighted by molar-refractivity contribution is 7.89.